The van der Waals surface area contributed by atoms with Crippen molar-refractivity contribution in [2.75, 3.05) is 18.5 Å². The summed E-state index contributed by atoms with van der Waals surface area (Å²) in [6.07, 6.45) is 3.89. The van der Waals surface area contributed by atoms with Crippen molar-refractivity contribution in [3.8, 4) is 5.75 Å². The van der Waals surface area contributed by atoms with Gasteiger partial charge in [0.2, 0.25) is 0 Å². The first kappa shape index (κ1) is 18.7. The van der Waals surface area contributed by atoms with E-state index in [9.17, 15) is 0 Å². The molecule has 0 bridgehead atoms. The number of hydrogen-bond donors (Lipinski definition) is 1. The van der Waals surface area contributed by atoms with E-state index in [1.54, 1.807) is 6.33 Å². The lowest BCUT2D eigenvalue weighted by molar-refractivity contribution is 0.330. The third kappa shape index (κ3) is 5.20. The Hall–Kier alpha value is -1.62. The Bertz CT molecular complexity index is 676. The molecule has 1 aromatic heterocycles. The summed E-state index contributed by atoms with van der Waals surface area (Å²) < 4.78 is 6.79. The fraction of sp³-hybridized carbons (Fsp3) is 0.474. The molecule has 2 aromatic rings. The van der Waals surface area contributed by atoms with Gasteiger partial charge in [-0.1, -0.05) is 32.4 Å². The molecule has 1 heterocycles. The molecule has 0 spiro atoms. The highest BCUT2D eigenvalue weighted by molar-refractivity contribution is 9.10. The van der Waals surface area contributed by atoms with Gasteiger partial charge in [-0.3, -0.25) is 0 Å². The standard InChI is InChI=1S/C19H26BrN3O/c1-5-13(2)10-16-6-7-17(14(3)11-16)24-9-8-21-19-18(20)15(4)22-12-23-19/h6-7,11-13H,5,8-10H2,1-4H3,(H,21,22,23). The Morgan fingerprint density at radius 2 is 2.04 bits per heavy atom. The van der Waals surface area contributed by atoms with Crippen molar-refractivity contribution >= 4 is 21.7 Å². The van der Waals surface area contributed by atoms with Crippen LogP contribution in [0.25, 0.3) is 0 Å². The molecule has 24 heavy (non-hydrogen) atoms. The van der Waals surface area contributed by atoms with Crippen LogP contribution in [0.1, 0.15) is 37.1 Å². The topological polar surface area (TPSA) is 47.0 Å². The number of anilines is 1. The Labute approximate surface area is 153 Å². The van der Waals surface area contributed by atoms with Gasteiger partial charge in [-0.05, 0) is 59.3 Å². The molecule has 5 heteroatoms. The van der Waals surface area contributed by atoms with Gasteiger partial charge in [0.25, 0.3) is 0 Å². The van der Waals surface area contributed by atoms with Crippen molar-refractivity contribution in [2.45, 2.75) is 40.5 Å². The molecule has 0 aliphatic rings. The monoisotopic (exact) mass is 391 g/mol. The minimum Gasteiger partial charge on any atom is -0.491 e. The number of nitrogens with one attached hydrogen (secondary N) is 1. The van der Waals surface area contributed by atoms with Gasteiger partial charge in [0.05, 0.1) is 16.7 Å². The molecular formula is C19H26BrN3O. The Kier molecular flexibility index (Phi) is 7.03. The normalized spacial score (nSPS) is 12.0. The van der Waals surface area contributed by atoms with Crippen LogP contribution in [-0.2, 0) is 6.42 Å². The summed E-state index contributed by atoms with van der Waals surface area (Å²) >= 11 is 3.49. The fourth-order valence-corrected chi connectivity index (χ4v) is 2.80. The molecule has 0 aliphatic heterocycles. The lowest BCUT2D eigenvalue weighted by Gasteiger charge is -2.13. The number of benzene rings is 1. The van der Waals surface area contributed by atoms with E-state index in [4.69, 9.17) is 4.74 Å². The van der Waals surface area contributed by atoms with E-state index in [2.05, 4.69) is 70.2 Å². The summed E-state index contributed by atoms with van der Waals surface area (Å²) in [5.74, 6) is 2.46. The molecule has 130 valence electrons. The maximum atomic E-state index is 5.89. The number of halogens is 1. The van der Waals surface area contributed by atoms with Gasteiger partial charge in [0.15, 0.2) is 0 Å². The number of nitrogens with zero attached hydrogens (tertiary/aromatic N) is 2. The minimum atomic E-state index is 0.584. The van der Waals surface area contributed by atoms with Crippen molar-refractivity contribution in [1.29, 1.82) is 0 Å². The molecule has 0 radical (unpaired) electrons. The van der Waals surface area contributed by atoms with Gasteiger partial charge >= 0.3 is 0 Å². The van der Waals surface area contributed by atoms with E-state index >= 15 is 0 Å². The van der Waals surface area contributed by atoms with Gasteiger partial charge in [-0.2, -0.15) is 0 Å². The summed E-state index contributed by atoms with van der Waals surface area (Å²) in [5.41, 5.74) is 3.49. The van der Waals surface area contributed by atoms with Crippen LogP contribution < -0.4 is 10.1 Å². The van der Waals surface area contributed by atoms with E-state index in [1.807, 2.05) is 6.92 Å². The number of hydrogen-bond acceptors (Lipinski definition) is 4. The van der Waals surface area contributed by atoms with E-state index in [-0.39, 0.29) is 0 Å². The van der Waals surface area contributed by atoms with Crippen LogP contribution in [0.3, 0.4) is 0 Å². The van der Waals surface area contributed by atoms with Crippen LogP contribution in [0.4, 0.5) is 5.82 Å². The molecule has 0 saturated heterocycles. The fourth-order valence-electron chi connectivity index (χ4n) is 2.46. The zero-order valence-electron chi connectivity index (χ0n) is 14.9. The lowest BCUT2D eigenvalue weighted by atomic mass is 9.97. The molecule has 0 saturated carbocycles. The van der Waals surface area contributed by atoms with E-state index in [1.165, 1.54) is 17.5 Å². The maximum absolute atomic E-state index is 5.89. The SMILES string of the molecule is CCC(C)Cc1ccc(OCCNc2ncnc(C)c2Br)c(C)c1. The number of aryl methyl sites for hydroxylation is 2. The summed E-state index contributed by atoms with van der Waals surface area (Å²) in [4.78, 5) is 8.36. The molecule has 0 fully saturated rings. The van der Waals surface area contributed by atoms with Crippen LogP contribution in [0.15, 0.2) is 29.0 Å². The van der Waals surface area contributed by atoms with Gasteiger partial charge < -0.3 is 10.1 Å². The highest BCUT2D eigenvalue weighted by Gasteiger charge is 2.06. The molecule has 1 N–H and O–H groups in total. The largest absolute Gasteiger partial charge is 0.491 e. The zero-order valence-corrected chi connectivity index (χ0v) is 16.5. The summed E-state index contributed by atoms with van der Waals surface area (Å²) in [6.45, 7) is 9.84. The predicted molar refractivity (Wildman–Crippen MR) is 103 cm³/mol. The summed E-state index contributed by atoms with van der Waals surface area (Å²) in [6, 6.07) is 6.49. The zero-order chi connectivity index (χ0) is 17.5. The highest BCUT2D eigenvalue weighted by atomic mass is 79.9. The minimum absolute atomic E-state index is 0.584. The molecule has 1 atom stereocenters. The van der Waals surface area contributed by atoms with Gasteiger partial charge in [0, 0.05) is 0 Å². The first-order valence-corrected chi connectivity index (χ1v) is 9.23. The molecule has 2 rings (SSSR count). The second-order valence-electron chi connectivity index (χ2n) is 6.21. The van der Waals surface area contributed by atoms with Crippen LogP contribution in [0, 0.1) is 19.8 Å². The van der Waals surface area contributed by atoms with Gasteiger partial charge in [0.1, 0.15) is 24.5 Å². The predicted octanol–water partition coefficient (Wildman–Crippen LogP) is 4.94. The van der Waals surface area contributed by atoms with Crippen molar-refractivity contribution in [2.24, 2.45) is 5.92 Å². The van der Waals surface area contributed by atoms with E-state index in [0.29, 0.717) is 13.2 Å². The van der Waals surface area contributed by atoms with Crippen molar-refractivity contribution in [3.63, 3.8) is 0 Å². The van der Waals surface area contributed by atoms with Gasteiger partial charge in [-0.15, -0.1) is 0 Å². The first-order chi connectivity index (χ1) is 11.5. The van der Waals surface area contributed by atoms with Crippen LogP contribution in [0.2, 0.25) is 0 Å². The van der Waals surface area contributed by atoms with E-state index < -0.39 is 0 Å². The average molecular weight is 392 g/mol. The third-order valence-corrected chi connectivity index (χ3v) is 5.09. The Morgan fingerprint density at radius 1 is 1.25 bits per heavy atom. The molecule has 1 unspecified atom stereocenters. The van der Waals surface area contributed by atoms with Crippen LogP contribution >= 0.6 is 15.9 Å². The molecule has 1 aromatic carbocycles. The van der Waals surface area contributed by atoms with Crippen LogP contribution in [-0.4, -0.2) is 23.1 Å². The molecule has 0 amide bonds. The quantitative estimate of drug-likeness (QED) is 0.647. The maximum Gasteiger partial charge on any atom is 0.144 e. The first-order valence-electron chi connectivity index (χ1n) is 8.44. The summed E-state index contributed by atoms with van der Waals surface area (Å²) in [7, 11) is 0. The third-order valence-electron chi connectivity index (χ3n) is 4.14. The second kappa shape index (κ2) is 9.02. The number of ether oxygens (including phenoxy) is 1. The Balaban J connectivity index is 1.85. The molecule has 0 aliphatic carbocycles. The van der Waals surface area contributed by atoms with E-state index in [0.717, 1.165) is 34.1 Å². The number of rotatable bonds is 8. The Morgan fingerprint density at radius 3 is 2.75 bits per heavy atom. The molecule has 4 nitrogen and oxygen atoms in total. The van der Waals surface area contributed by atoms with Crippen molar-refractivity contribution in [3.05, 3.63) is 45.8 Å². The van der Waals surface area contributed by atoms with Crippen molar-refractivity contribution < 1.29 is 4.74 Å². The summed E-state index contributed by atoms with van der Waals surface area (Å²) in [5, 5.41) is 3.27. The van der Waals surface area contributed by atoms with Gasteiger partial charge in [-0.25, -0.2) is 9.97 Å². The second-order valence-corrected chi connectivity index (χ2v) is 7.01. The average Bonchev–Trinajstić information content (AvgIpc) is 2.56. The lowest BCUT2D eigenvalue weighted by Crippen LogP contribution is -2.13. The number of aromatic nitrogens is 2. The van der Waals surface area contributed by atoms with Crippen LogP contribution in [0.5, 0.6) is 5.75 Å². The van der Waals surface area contributed by atoms with Crippen molar-refractivity contribution in [1.82, 2.24) is 9.97 Å². The smallest absolute Gasteiger partial charge is 0.144 e. The highest BCUT2D eigenvalue weighted by Crippen LogP contribution is 2.23. The molecular weight excluding hydrogens is 366 g/mol.